The largest absolute Gasteiger partial charge is 0.484 e. The molecule has 0 aliphatic carbocycles. The molecule has 35 heavy (non-hydrogen) atoms. The number of likely N-dealkylation sites (N-methyl/N-ethyl adjacent to an activating group) is 1. The number of carbonyl (C=O) groups excluding carboxylic acids is 1. The Balaban J connectivity index is 1.76. The van der Waals surface area contributed by atoms with Crippen LogP contribution >= 0.6 is 23.2 Å². The van der Waals surface area contributed by atoms with E-state index in [4.69, 9.17) is 32.9 Å². The van der Waals surface area contributed by atoms with Crippen LogP contribution in [0.3, 0.4) is 0 Å². The van der Waals surface area contributed by atoms with Crippen LogP contribution in [-0.4, -0.2) is 33.5 Å². The van der Waals surface area contributed by atoms with Crippen molar-refractivity contribution in [2.75, 3.05) is 13.2 Å². The summed E-state index contributed by atoms with van der Waals surface area (Å²) in [6, 6.07) is 20.6. The van der Waals surface area contributed by atoms with Crippen LogP contribution in [-0.2, 0) is 4.79 Å². The Morgan fingerprint density at radius 2 is 1.60 bits per heavy atom. The Bertz CT molecular complexity index is 1390. The number of fused-ring (bicyclic) bond motifs is 1. The molecule has 0 saturated carbocycles. The number of rotatable bonds is 8. The van der Waals surface area contributed by atoms with Gasteiger partial charge in [0.1, 0.15) is 11.6 Å². The topological polar surface area (TPSA) is 64.4 Å². The standard InChI is InChI=1S/C27H25Cl2N3O3/c1-3-24(31(4-2)25(33)17-35-21-15-11-19(29)12-16-21)26-30-23-8-6-5-7-22(23)27(34)32(26)20-13-9-18(28)10-14-20/h5-16,24H,3-4,17H2,1-2H3. The Hall–Kier alpha value is -3.35. The zero-order chi connectivity index (χ0) is 24.9. The van der Waals surface area contributed by atoms with Gasteiger partial charge in [0.05, 0.1) is 22.6 Å². The highest BCUT2D eigenvalue weighted by molar-refractivity contribution is 6.30. The number of aromatic nitrogens is 2. The van der Waals surface area contributed by atoms with Gasteiger partial charge in [0.15, 0.2) is 6.61 Å². The van der Waals surface area contributed by atoms with Crippen LogP contribution < -0.4 is 10.3 Å². The maximum atomic E-state index is 13.6. The highest BCUT2D eigenvalue weighted by atomic mass is 35.5. The average molecular weight is 510 g/mol. The van der Waals surface area contributed by atoms with Crippen molar-refractivity contribution in [3.05, 3.63) is 99.0 Å². The molecule has 0 fully saturated rings. The molecule has 4 rings (SSSR count). The fourth-order valence-corrected chi connectivity index (χ4v) is 4.34. The summed E-state index contributed by atoms with van der Waals surface area (Å²) in [5.41, 5.74) is 1.01. The quantitative estimate of drug-likeness (QED) is 0.289. The van der Waals surface area contributed by atoms with Crippen LogP contribution in [0, 0.1) is 0 Å². The van der Waals surface area contributed by atoms with Crippen molar-refractivity contribution < 1.29 is 9.53 Å². The number of nitrogens with zero attached hydrogens (tertiary/aromatic N) is 3. The minimum absolute atomic E-state index is 0.148. The monoisotopic (exact) mass is 509 g/mol. The van der Waals surface area contributed by atoms with Crippen LogP contribution in [0.25, 0.3) is 16.6 Å². The first-order valence-electron chi connectivity index (χ1n) is 11.4. The van der Waals surface area contributed by atoms with Crippen molar-refractivity contribution in [3.63, 3.8) is 0 Å². The Morgan fingerprint density at radius 1 is 0.971 bits per heavy atom. The number of carbonyl (C=O) groups is 1. The third-order valence-corrected chi connectivity index (χ3v) is 6.29. The lowest BCUT2D eigenvalue weighted by molar-refractivity contribution is -0.136. The summed E-state index contributed by atoms with van der Waals surface area (Å²) in [4.78, 5) is 33.5. The van der Waals surface area contributed by atoms with Gasteiger partial charge in [0, 0.05) is 16.6 Å². The van der Waals surface area contributed by atoms with E-state index in [0.717, 1.165) is 0 Å². The van der Waals surface area contributed by atoms with Gasteiger partial charge in [0.2, 0.25) is 0 Å². The first kappa shape index (κ1) is 24.8. The molecular formula is C27H25Cl2N3O3. The number of hydrogen-bond acceptors (Lipinski definition) is 4. The molecule has 0 bridgehead atoms. The molecule has 4 aromatic rings. The van der Waals surface area contributed by atoms with Crippen LogP contribution in [0.1, 0.15) is 32.1 Å². The summed E-state index contributed by atoms with van der Waals surface area (Å²) >= 11 is 12.0. The van der Waals surface area contributed by atoms with Gasteiger partial charge in [-0.1, -0.05) is 42.3 Å². The van der Waals surface area contributed by atoms with E-state index in [1.807, 2.05) is 26.0 Å². The molecule has 0 spiro atoms. The van der Waals surface area contributed by atoms with Gasteiger partial charge < -0.3 is 9.64 Å². The molecule has 0 aliphatic heterocycles. The predicted molar refractivity (Wildman–Crippen MR) is 140 cm³/mol. The molecular weight excluding hydrogens is 485 g/mol. The van der Waals surface area contributed by atoms with E-state index in [-0.39, 0.29) is 18.1 Å². The van der Waals surface area contributed by atoms with Crippen molar-refractivity contribution >= 4 is 40.0 Å². The number of para-hydroxylation sites is 1. The van der Waals surface area contributed by atoms with Crippen molar-refractivity contribution in [1.82, 2.24) is 14.5 Å². The number of ether oxygens (including phenoxy) is 1. The van der Waals surface area contributed by atoms with E-state index in [0.29, 0.717) is 51.2 Å². The summed E-state index contributed by atoms with van der Waals surface area (Å²) in [7, 11) is 0. The predicted octanol–water partition coefficient (Wildman–Crippen LogP) is 6.07. The smallest absolute Gasteiger partial charge is 0.266 e. The van der Waals surface area contributed by atoms with Gasteiger partial charge in [-0.3, -0.25) is 14.2 Å². The second-order valence-corrected chi connectivity index (χ2v) is 8.82. The summed E-state index contributed by atoms with van der Waals surface area (Å²) in [5.74, 6) is 0.827. The molecule has 0 saturated heterocycles. The lowest BCUT2D eigenvalue weighted by Gasteiger charge is -2.31. The third-order valence-electron chi connectivity index (χ3n) is 5.78. The van der Waals surface area contributed by atoms with E-state index in [1.54, 1.807) is 70.1 Å². The lowest BCUT2D eigenvalue weighted by atomic mass is 10.1. The maximum Gasteiger partial charge on any atom is 0.266 e. The maximum absolute atomic E-state index is 13.6. The summed E-state index contributed by atoms with van der Waals surface area (Å²) in [6.45, 7) is 4.14. The summed E-state index contributed by atoms with van der Waals surface area (Å²) in [6.07, 6.45) is 0.554. The zero-order valence-corrected chi connectivity index (χ0v) is 21.0. The molecule has 6 nitrogen and oxygen atoms in total. The fourth-order valence-electron chi connectivity index (χ4n) is 4.08. The van der Waals surface area contributed by atoms with E-state index in [1.165, 1.54) is 0 Å². The number of halogens is 2. The van der Waals surface area contributed by atoms with E-state index < -0.39 is 6.04 Å². The highest BCUT2D eigenvalue weighted by Crippen LogP contribution is 2.27. The van der Waals surface area contributed by atoms with E-state index in [9.17, 15) is 9.59 Å². The molecule has 1 atom stereocenters. The van der Waals surface area contributed by atoms with Gasteiger partial charge in [-0.2, -0.15) is 0 Å². The second kappa shape index (κ2) is 10.9. The molecule has 3 aromatic carbocycles. The number of benzene rings is 3. The normalized spacial score (nSPS) is 11.9. The summed E-state index contributed by atoms with van der Waals surface area (Å²) in [5, 5.41) is 1.66. The Morgan fingerprint density at radius 3 is 2.23 bits per heavy atom. The van der Waals surface area contributed by atoms with Crippen LogP contribution in [0.15, 0.2) is 77.6 Å². The van der Waals surface area contributed by atoms with Gasteiger partial charge in [0.25, 0.3) is 11.5 Å². The van der Waals surface area contributed by atoms with E-state index in [2.05, 4.69) is 0 Å². The van der Waals surface area contributed by atoms with Crippen molar-refractivity contribution in [2.24, 2.45) is 0 Å². The molecule has 0 aliphatic rings. The second-order valence-electron chi connectivity index (χ2n) is 7.95. The van der Waals surface area contributed by atoms with E-state index >= 15 is 0 Å². The van der Waals surface area contributed by atoms with Crippen LogP contribution in [0.4, 0.5) is 0 Å². The molecule has 180 valence electrons. The fraction of sp³-hybridized carbons (Fsp3) is 0.222. The van der Waals surface area contributed by atoms with Gasteiger partial charge >= 0.3 is 0 Å². The Kier molecular flexibility index (Phi) is 7.73. The number of hydrogen-bond donors (Lipinski definition) is 0. The molecule has 1 heterocycles. The number of amides is 1. The van der Waals surface area contributed by atoms with Gasteiger partial charge in [-0.15, -0.1) is 0 Å². The first-order valence-corrected chi connectivity index (χ1v) is 12.1. The molecule has 1 unspecified atom stereocenters. The zero-order valence-electron chi connectivity index (χ0n) is 19.4. The van der Waals surface area contributed by atoms with Crippen LogP contribution in [0.2, 0.25) is 10.0 Å². The molecule has 1 amide bonds. The Labute approximate surface area is 213 Å². The molecule has 0 N–H and O–H groups in total. The van der Waals surface area contributed by atoms with Crippen molar-refractivity contribution in [3.8, 4) is 11.4 Å². The molecule has 1 aromatic heterocycles. The summed E-state index contributed by atoms with van der Waals surface area (Å²) < 4.78 is 7.28. The highest BCUT2D eigenvalue weighted by Gasteiger charge is 2.28. The first-order chi connectivity index (χ1) is 16.9. The average Bonchev–Trinajstić information content (AvgIpc) is 2.87. The minimum Gasteiger partial charge on any atom is -0.484 e. The lowest BCUT2D eigenvalue weighted by Crippen LogP contribution is -2.40. The SMILES string of the molecule is CCC(c1nc2ccccc2c(=O)n1-c1ccc(Cl)cc1)N(CC)C(=O)COc1ccc(Cl)cc1. The van der Waals surface area contributed by atoms with Crippen molar-refractivity contribution in [2.45, 2.75) is 26.3 Å². The third kappa shape index (κ3) is 5.34. The molecule has 0 radical (unpaired) electrons. The minimum atomic E-state index is -0.450. The molecule has 8 heteroatoms. The van der Waals surface area contributed by atoms with Gasteiger partial charge in [-0.25, -0.2) is 4.98 Å². The van der Waals surface area contributed by atoms with Gasteiger partial charge in [-0.05, 0) is 74.0 Å². The van der Waals surface area contributed by atoms with Crippen molar-refractivity contribution in [1.29, 1.82) is 0 Å². The van der Waals surface area contributed by atoms with Crippen LogP contribution in [0.5, 0.6) is 5.75 Å².